The summed E-state index contributed by atoms with van der Waals surface area (Å²) >= 11 is 0. The summed E-state index contributed by atoms with van der Waals surface area (Å²) in [5.74, 6) is -0.985. The Bertz CT molecular complexity index is 1070. The molecule has 4 rings (SSSR count). The maximum absolute atomic E-state index is 13.5. The van der Waals surface area contributed by atoms with Gasteiger partial charge < -0.3 is 15.2 Å². The maximum Gasteiger partial charge on any atom is 0.224 e. The van der Waals surface area contributed by atoms with Crippen LogP contribution in [0.4, 0.5) is 8.78 Å². The lowest BCUT2D eigenvalue weighted by Crippen LogP contribution is -2.49. The molecule has 0 saturated carbocycles. The predicted molar refractivity (Wildman–Crippen MR) is 114 cm³/mol. The molecule has 2 heterocycles. The average molecular weight is 424 g/mol. The van der Waals surface area contributed by atoms with E-state index < -0.39 is 17.7 Å². The standard InChI is InChI=1S/C24H26F2N4O/c1-16-13-28-23-15-30(20(14-29(16)23)10-17-5-3-2-4-6-17)24(31)12-19(27)9-18-7-8-21(25)22(26)11-18/h2-8,11,13,19-20H,9-10,12,14-15,27H2,1H3/t19-,20?/m1/s1. The molecule has 0 spiro atoms. The molecule has 0 bridgehead atoms. The number of carbonyl (C=O) groups is 1. The van der Waals surface area contributed by atoms with Gasteiger partial charge in [0.05, 0.1) is 12.6 Å². The molecule has 2 atom stereocenters. The SMILES string of the molecule is Cc1cnc2n1CC(Cc1ccccc1)N(C(=O)C[C@H](N)Cc1ccc(F)c(F)c1)C2. The van der Waals surface area contributed by atoms with E-state index in [9.17, 15) is 13.6 Å². The molecule has 1 amide bonds. The molecule has 1 unspecified atom stereocenters. The third-order valence-corrected chi connectivity index (χ3v) is 5.84. The normalized spacial score (nSPS) is 16.8. The van der Waals surface area contributed by atoms with E-state index in [2.05, 4.69) is 21.7 Å². The third kappa shape index (κ3) is 4.82. The van der Waals surface area contributed by atoms with Crippen molar-refractivity contribution in [2.24, 2.45) is 5.73 Å². The van der Waals surface area contributed by atoms with Crippen LogP contribution in [0.3, 0.4) is 0 Å². The van der Waals surface area contributed by atoms with Gasteiger partial charge in [-0.3, -0.25) is 4.79 Å². The lowest BCUT2D eigenvalue weighted by molar-refractivity contribution is -0.136. The number of benzene rings is 2. The summed E-state index contributed by atoms with van der Waals surface area (Å²) in [6.45, 7) is 3.13. The summed E-state index contributed by atoms with van der Waals surface area (Å²) in [5, 5.41) is 0. The second-order valence-corrected chi connectivity index (χ2v) is 8.21. The van der Waals surface area contributed by atoms with Crippen LogP contribution in [0.5, 0.6) is 0 Å². The van der Waals surface area contributed by atoms with Gasteiger partial charge >= 0.3 is 0 Å². The third-order valence-electron chi connectivity index (χ3n) is 5.84. The Morgan fingerprint density at radius 3 is 2.68 bits per heavy atom. The number of nitrogens with zero attached hydrogens (tertiary/aromatic N) is 3. The molecular formula is C24H26F2N4O. The second-order valence-electron chi connectivity index (χ2n) is 8.21. The number of aryl methyl sites for hydroxylation is 1. The number of imidazole rings is 1. The molecule has 0 fully saturated rings. The van der Waals surface area contributed by atoms with Gasteiger partial charge in [-0.15, -0.1) is 0 Å². The van der Waals surface area contributed by atoms with Crippen molar-refractivity contribution in [2.45, 2.75) is 51.4 Å². The van der Waals surface area contributed by atoms with Crippen LogP contribution in [0.25, 0.3) is 0 Å². The zero-order chi connectivity index (χ0) is 22.0. The van der Waals surface area contributed by atoms with Crippen molar-refractivity contribution in [3.63, 3.8) is 0 Å². The number of carbonyl (C=O) groups excluding carboxylic acids is 1. The number of nitrogens with two attached hydrogens (primary N) is 1. The van der Waals surface area contributed by atoms with Gasteiger partial charge in [-0.25, -0.2) is 13.8 Å². The van der Waals surface area contributed by atoms with Gasteiger partial charge in [0.25, 0.3) is 0 Å². The Balaban J connectivity index is 1.48. The fraction of sp³-hybridized carbons (Fsp3) is 0.333. The summed E-state index contributed by atoms with van der Waals surface area (Å²) in [5.41, 5.74) is 9.03. The first kappa shape index (κ1) is 21.2. The molecule has 1 aliphatic heterocycles. The Morgan fingerprint density at radius 2 is 1.94 bits per heavy atom. The van der Waals surface area contributed by atoms with Gasteiger partial charge in [0.2, 0.25) is 5.91 Å². The van der Waals surface area contributed by atoms with E-state index in [4.69, 9.17) is 5.73 Å². The molecule has 2 aromatic carbocycles. The van der Waals surface area contributed by atoms with E-state index in [0.29, 0.717) is 25.1 Å². The van der Waals surface area contributed by atoms with Crippen molar-refractivity contribution in [1.29, 1.82) is 0 Å². The van der Waals surface area contributed by atoms with Crippen molar-refractivity contribution in [2.75, 3.05) is 0 Å². The minimum atomic E-state index is -0.905. The largest absolute Gasteiger partial charge is 0.330 e. The summed E-state index contributed by atoms with van der Waals surface area (Å²) in [6, 6.07) is 13.3. The molecule has 5 nitrogen and oxygen atoms in total. The quantitative estimate of drug-likeness (QED) is 0.660. The highest BCUT2D eigenvalue weighted by molar-refractivity contribution is 5.77. The lowest BCUT2D eigenvalue weighted by atomic mass is 10.00. The van der Waals surface area contributed by atoms with Gasteiger partial charge in [-0.1, -0.05) is 36.4 Å². The van der Waals surface area contributed by atoms with Crippen molar-refractivity contribution < 1.29 is 13.6 Å². The monoisotopic (exact) mass is 424 g/mol. The minimum Gasteiger partial charge on any atom is -0.330 e. The van der Waals surface area contributed by atoms with Gasteiger partial charge in [0.15, 0.2) is 11.6 Å². The van der Waals surface area contributed by atoms with Crippen LogP contribution in [0, 0.1) is 18.6 Å². The average Bonchev–Trinajstić information content (AvgIpc) is 3.11. The molecule has 1 aliphatic rings. The lowest BCUT2D eigenvalue weighted by Gasteiger charge is -2.37. The number of halogens is 2. The van der Waals surface area contributed by atoms with E-state index in [1.807, 2.05) is 36.2 Å². The van der Waals surface area contributed by atoms with Gasteiger partial charge in [0.1, 0.15) is 5.82 Å². The van der Waals surface area contributed by atoms with Crippen LogP contribution in [-0.2, 0) is 30.7 Å². The summed E-state index contributed by atoms with van der Waals surface area (Å²) < 4.78 is 28.8. The number of amides is 1. The first-order valence-electron chi connectivity index (χ1n) is 10.4. The van der Waals surface area contributed by atoms with Gasteiger partial charge in [-0.05, 0) is 43.0 Å². The summed E-state index contributed by atoms with van der Waals surface area (Å²) in [4.78, 5) is 19.5. The number of hydrogen-bond acceptors (Lipinski definition) is 3. The summed E-state index contributed by atoms with van der Waals surface area (Å²) in [7, 11) is 0. The molecule has 0 saturated heterocycles. The number of hydrogen-bond donors (Lipinski definition) is 1. The van der Waals surface area contributed by atoms with Crippen molar-refractivity contribution in [3.8, 4) is 0 Å². The van der Waals surface area contributed by atoms with Crippen LogP contribution in [-0.4, -0.2) is 32.4 Å². The Kier molecular flexibility index (Phi) is 6.13. The van der Waals surface area contributed by atoms with E-state index in [-0.39, 0.29) is 18.4 Å². The van der Waals surface area contributed by atoms with Crippen LogP contribution in [0.15, 0.2) is 54.7 Å². The van der Waals surface area contributed by atoms with Crippen LogP contribution in [0.2, 0.25) is 0 Å². The first-order chi connectivity index (χ1) is 14.9. The fourth-order valence-corrected chi connectivity index (χ4v) is 4.21. The van der Waals surface area contributed by atoms with E-state index >= 15 is 0 Å². The number of fused-ring (bicyclic) bond motifs is 1. The highest BCUT2D eigenvalue weighted by Crippen LogP contribution is 2.23. The van der Waals surface area contributed by atoms with Crippen LogP contribution >= 0.6 is 0 Å². The maximum atomic E-state index is 13.5. The molecule has 3 aromatic rings. The molecule has 0 radical (unpaired) electrons. The molecule has 162 valence electrons. The predicted octanol–water partition coefficient (Wildman–Crippen LogP) is 3.38. The smallest absolute Gasteiger partial charge is 0.224 e. The summed E-state index contributed by atoms with van der Waals surface area (Å²) in [6.07, 6.45) is 3.00. The fourth-order valence-electron chi connectivity index (χ4n) is 4.21. The highest BCUT2D eigenvalue weighted by Gasteiger charge is 2.32. The molecule has 31 heavy (non-hydrogen) atoms. The first-order valence-corrected chi connectivity index (χ1v) is 10.4. The van der Waals surface area contributed by atoms with E-state index in [1.54, 1.807) is 0 Å². The van der Waals surface area contributed by atoms with Gasteiger partial charge in [0, 0.05) is 30.9 Å². The molecule has 2 N–H and O–H groups in total. The Hall–Kier alpha value is -3.06. The zero-order valence-corrected chi connectivity index (χ0v) is 17.5. The number of aromatic nitrogens is 2. The molecule has 0 aliphatic carbocycles. The molecular weight excluding hydrogens is 398 g/mol. The second kappa shape index (κ2) is 8.98. The van der Waals surface area contributed by atoms with Crippen molar-refractivity contribution in [1.82, 2.24) is 14.5 Å². The Labute approximate surface area is 180 Å². The minimum absolute atomic E-state index is 0.00855. The zero-order valence-electron chi connectivity index (χ0n) is 17.5. The van der Waals surface area contributed by atoms with E-state index in [0.717, 1.165) is 35.6 Å². The molecule has 7 heteroatoms. The highest BCUT2D eigenvalue weighted by atomic mass is 19.2. The Morgan fingerprint density at radius 1 is 1.16 bits per heavy atom. The van der Waals surface area contributed by atoms with E-state index in [1.165, 1.54) is 6.07 Å². The van der Waals surface area contributed by atoms with Gasteiger partial charge in [-0.2, -0.15) is 0 Å². The number of rotatable bonds is 6. The van der Waals surface area contributed by atoms with Crippen LogP contribution < -0.4 is 5.73 Å². The van der Waals surface area contributed by atoms with Crippen molar-refractivity contribution >= 4 is 5.91 Å². The van der Waals surface area contributed by atoms with Crippen molar-refractivity contribution in [3.05, 3.63) is 89.0 Å². The molecule has 1 aromatic heterocycles. The topological polar surface area (TPSA) is 64.2 Å². The van der Waals surface area contributed by atoms with Crippen LogP contribution in [0.1, 0.15) is 29.1 Å².